The summed E-state index contributed by atoms with van der Waals surface area (Å²) in [6, 6.07) is 11.9. The summed E-state index contributed by atoms with van der Waals surface area (Å²) in [5.74, 6) is 0.852. The van der Waals surface area contributed by atoms with Crippen LogP contribution in [0.1, 0.15) is 5.69 Å². The summed E-state index contributed by atoms with van der Waals surface area (Å²) < 4.78 is 5.18. The van der Waals surface area contributed by atoms with Crippen LogP contribution in [-0.4, -0.2) is 12.1 Å². The minimum Gasteiger partial charge on any atom is -0.497 e. The molecule has 2 nitrogen and oxygen atoms in total. The second-order valence-corrected chi connectivity index (χ2v) is 3.41. The van der Waals surface area contributed by atoms with E-state index in [0.717, 1.165) is 22.6 Å². The van der Waals surface area contributed by atoms with Gasteiger partial charge in [0.05, 0.1) is 12.8 Å². The normalized spacial score (nSPS) is 9.81. The molecule has 0 aliphatic rings. The van der Waals surface area contributed by atoms with E-state index in [0.29, 0.717) is 0 Å². The Morgan fingerprint density at radius 2 is 2.06 bits per heavy atom. The lowest BCUT2D eigenvalue weighted by molar-refractivity contribution is 0.415. The van der Waals surface area contributed by atoms with Crippen LogP contribution < -0.4 is 4.74 Å². The highest BCUT2D eigenvalue weighted by atomic mass is 16.5. The summed E-state index contributed by atoms with van der Waals surface area (Å²) in [6.07, 6.45) is 3.57. The highest BCUT2D eigenvalue weighted by Crippen LogP contribution is 2.23. The molecule has 0 atom stereocenters. The molecule has 0 saturated heterocycles. The van der Waals surface area contributed by atoms with Crippen molar-refractivity contribution >= 4 is 6.08 Å². The van der Waals surface area contributed by atoms with E-state index >= 15 is 0 Å². The van der Waals surface area contributed by atoms with Crippen LogP contribution in [0.25, 0.3) is 17.2 Å². The molecule has 0 fully saturated rings. The third-order valence-corrected chi connectivity index (χ3v) is 2.40. The van der Waals surface area contributed by atoms with Crippen LogP contribution in [-0.2, 0) is 0 Å². The molecule has 0 aliphatic carbocycles. The first-order chi connectivity index (χ1) is 7.83. The standard InChI is InChI=1S/C14H13NO/c1-3-13-8-7-12(10-15-13)11-5-4-6-14(9-11)16-2/h3-10H,1H2,2H3. The van der Waals surface area contributed by atoms with Gasteiger partial charge in [-0.3, -0.25) is 4.98 Å². The molecule has 2 rings (SSSR count). The molecule has 0 N–H and O–H groups in total. The van der Waals surface area contributed by atoms with Crippen molar-refractivity contribution < 1.29 is 4.74 Å². The van der Waals surface area contributed by atoms with Crippen molar-refractivity contribution in [1.29, 1.82) is 0 Å². The lowest BCUT2D eigenvalue weighted by Crippen LogP contribution is -1.85. The van der Waals surface area contributed by atoms with Crippen molar-refractivity contribution in [2.24, 2.45) is 0 Å². The van der Waals surface area contributed by atoms with Gasteiger partial charge in [-0.15, -0.1) is 0 Å². The summed E-state index contributed by atoms with van der Waals surface area (Å²) in [5.41, 5.74) is 3.05. The maximum Gasteiger partial charge on any atom is 0.119 e. The first-order valence-electron chi connectivity index (χ1n) is 5.06. The summed E-state index contributed by atoms with van der Waals surface area (Å²) in [6.45, 7) is 3.68. The Morgan fingerprint density at radius 1 is 1.19 bits per heavy atom. The zero-order chi connectivity index (χ0) is 11.4. The van der Waals surface area contributed by atoms with Gasteiger partial charge in [-0.05, 0) is 29.8 Å². The summed E-state index contributed by atoms with van der Waals surface area (Å²) >= 11 is 0. The molecule has 0 spiro atoms. The Morgan fingerprint density at radius 3 is 2.69 bits per heavy atom. The molecule has 1 aromatic carbocycles. The average Bonchev–Trinajstić information content (AvgIpc) is 2.39. The van der Waals surface area contributed by atoms with E-state index in [2.05, 4.69) is 11.6 Å². The quantitative estimate of drug-likeness (QED) is 0.776. The van der Waals surface area contributed by atoms with Crippen LogP contribution in [0.3, 0.4) is 0 Å². The molecule has 1 heterocycles. The second-order valence-electron chi connectivity index (χ2n) is 3.41. The third-order valence-electron chi connectivity index (χ3n) is 2.40. The fraction of sp³-hybridized carbons (Fsp3) is 0.0714. The number of nitrogens with zero attached hydrogens (tertiary/aromatic N) is 1. The highest BCUT2D eigenvalue weighted by molar-refractivity contribution is 5.65. The van der Waals surface area contributed by atoms with Crippen LogP contribution in [0.15, 0.2) is 49.2 Å². The van der Waals surface area contributed by atoms with Crippen molar-refractivity contribution in [2.75, 3.05) is 7.11 Å². The van der Waals surface area contributed by atoms with Crippen LogP contribution in [0.2, 0.25) is 0 Å². The third kappa shape index (κ3) is 2.11. The number of aromatic nitrogens is 1. The minimum absolute atomic E-state index is 0.852. The fourth-order valence-electron chi connectivity index (χ4n) is 1.50. The molecule has 0 bridgehead atoms. The van der Waals surface area contributed by atoms with Crippen molar-refractivity contribution in [1.82, 2.24) is 4.98 Å². The maximum absolute atomic E-state index is 5.18. The Hall–Kier alpha value is -2.09. The molecule has 0 saturated carbocycles. The van der Waals surface area contributed by atoms with Gasteiger partial charge < -0.3 is 4.74 Å². The number of pyridine rings is 1. The van der Waals surface area contributed by atoms with Crippen molar-refractivity contribution in [2.45, 2.75) is 0 Å². The molecular weight excluding hydrogens is 198 g/mol. The van der Waals surface area contributed by atoms with Gasteiger partial charge in [0.2, 0.25) is 0 Å². The number of methoxy groups -OCH3 is 1. The van der Waals surface area contributed by atoms with Crippen molar-refractivity contribution in [3.8, 4) is 16.9 Å². The molecule has 0 aliphatic heterocycles. The summed E-state index contributed by atoms with van der Waals surface area (Å²) in [4.78, 5) is 4.27. The lowest BCUT2D eigenvalue weighted by atomic mass is 10.1. The molecule has 2 heteroatoms. The van der Waals surface area contributed by atoms with Gasteiger partial charge in [0.25, 0.3) is 0 Å². The average molecular weight is 211 g/mol. The largest absolute Gasteiger partial charge is 0.497 e. The summed E-state index contributed by atoms with van der Waals surface area (Å²) in [5, 5.41) is 0. The Balaban J connectivity index is 2.38. The summed E-state index contributed by atoms with van der Waals surface area (Å²) in [7, 11) is 1.66. The number of hydrogen-bond acceptors (Lipinski definition) is 2. The molecule has 0 amide bonds. The van der Waals surface area contributed by atoms with E-state index in [4.69, 9.17) is 4.74 Å². The number of ether oxygens (including phenoxy) is 1. The van der Waals surface area contributed by atoms with E-state index < -0.39 is 0 Å². The Bertz CT molecular complexity index is 488. The Kier molecular flexibility index (Phi) is 3.01. The van der Waals surface area contributed by atoms with Crippen LogP contribution in [0.4, 0.5) is 0 Å². The van der Waals surface area contributed by atoms with Gasteiger partial charge in [-0.25, -0.2) is 0 Å². The van der Waals surface area contributed by atoms with Gasteiger partial charge in [0.1, 0.15) is 5.75 Å². The molecular formula is C14H13NO. The van der Waals surface area contributed by atoms with Crippen LogP contribution in [0.5, 0.6) is 5.75 Å². The van der Waals surface area contributed by atoms with Crippen LogP contribution in [0, 0.1) is 0 Å². The van der Waals surface area contributed by atoms with Gasteiger partial charge in [0.15, 0.2) is 0 Å². The predicted molar refractivity (Wildman–Crippen MR) is 66.3 cm³/mol. The smallest absolute Gasteiger partial charge is 0.119 e. The van der Waals surface area contributed by atoms with Gasteiger partial charge in [0, 0.05) is 11.8 Å². The number of benzene rings is 1. The first kappa shape index (κ1) is 10.4. The van der Waals surface area contributed by atoms with E-state index in [1.807, 2.05) is 42.6 Å². The van der Waals surface area contributed by atoms with Gasteiger partial charge in [-0.1, -0.05) is 24.8 Å². The van der Waals surface area contributed by atoms with E-state index in [1.165, 1.54) is 0 Å². The predicted octanol–water partition coefficient (Wildman–Crippen LogP) is 3.40. The Labute approximate surface area is 95.2 Å². The van der Waals surface area contributed by atoms with Crippen molar-refractivity contribution in [3.05, 3.63) is 54.9 Å². The van der Waals surface area contributed by atoms with E-state index in [9.17, 15) is 0 Å². The minimum atomic E-state index is 0.852. The molecule has 1 aromatic heterocycles. The number of rotatable bonds is 3. The maximum atomic E-state index is 5.18. The first-order valence-corrected chi connectivity index (χ1v) is 5.06. The second kappa shape index (κ2) is 4.62. The van der Waals surface area contributed by atoms with E-state index in [-0.39, 0.29) is 0 Å². The molecule has 0 unspecified atom stereocenters. The molecule has 2 aromatic rings. The van der Waals surface area contributed by atoms with Crippen LogP contribution >= 0.6 is 0 Å². The molecule has 80 valence electrons. The lowest BCUT2D eigenvalue weighted by Gasteiger charge is -2.04. The van der Waals surface area contributed by atoms with Gasteiger partial charge in [-0.2, -0.15) is 0 Å². The van der Waals surface area contributed by atoms with E-state index in [1.54, 1.807) is 13.2 Å². The topological polar surface area (TPSA) is 22.1 Å². The highest BCUT2D eigenvalue weighted by Gasteiger charge is 1.99. The zero-order valence-corrected chi connectivity index (χ0v) is 9.18. The molecule has 0 radical (unpaired) electrons. The molecule has 16 heavy (non-hydrogen) atoms. The fourth-order valence-corrected chi connectivity index (χ4v) is 1.50. The SMILES string of the molecule is C=Cc1ccc(-c2cccc(OC)c2)cn1. The monoisotopic (exact) mass is 211 g/mol. The zero-order valence-electron chi connectivity index (χ0n) is 9.18. The number of hydrogen-bond donors (Lipinski definition) is 0. The van der Waals surface area contributed by atoms with Crippen molar-refractivity contribution in [3.63, 3.8) is 0 Å². The van der Waals surface area contributed by atoms with Gasteiger partial charge >= 0.3 is 0 Å².